The molecule has 0 aliphatic carbocycles. The third kappa shape index (κ3) is 5.85. The molecule has 0 aliphatic rings. The number of rotatable bonds is 5. The number of ether oxygens (including phenoxy) is 1. The Balaban J connectivity index is 2.56. The Morgan fingerprint density at radius 1 is 1.45 bits per heavy atom. The van der Waals surface area contributed by atoms with Crippen LogP contribution in [0.1, 0.15) is 5.56 Å². The van der Waals surface area contributed by atoms with Gasteiger partial charge in [-0.2, -0.15) is 13.2 Å². The SMILES string of the molecule is NC(=S)c1ccc(NC(=O)COCC(F)(F)F)c(Br)c1. The van der Waals surface area contributed by atoms with Crippen molar-refractivity contribution in [3.8, 4) is 0 Å². The van der Waals surface area contributed by atoms with Crippen molar-refractivity contribution in [2.24, 2.45) is 5.73 Å². The highest BCUT2D eigenvalue weighted by Gasteiger charge is 2.27. The lowest BCUT2D eigenvalue weighted by Gasteiger charge is -2.10. The lowest BCUT2D eigenvalue weighted by atomic mass is 10.2. The molecule has 0 fully saturated rings. The number of benzene rings is 1. The van der Waals surface area contributed by atoms with Crippen LogP contribution in [0, 0.1) is 0 Å². The zero-order chi connectivity index (χ0) is 15.3. The predicted octanol–water partition coefficient (Wildman–Crippen LogP) is 2.60. The van der Waals surface area contributed by atoms with E-state index in [4.69, 9.17) is 18.0 Å². The van der Waals surface area contributed by atoms with Crippen LogP contribution in [0.3, 0.4) is 0 Å². The standard InChI is InChI=1S/C11H10BrF3N2O2S/c12-7-3-6(10(16)20)1-2-8(7)17-9(18)4-19-5-11(13,14)15/h1-3H,4-5H2,(H2,16,20)(H,17,18). The average Bonchev–Trinajstić information content (AvgIpc) is 2.29. The molecule has 20 heavy (non-hydrogen) atoms. The van der Waals surface area contributed by atoms with Gasteiger partial charge in [-0.05, 0) is 34.1 Å². The quantitative estimate of drug-likeness (QED) is 0.782. The van der Waals surface area contributed by atoms with Gasteiger partial charge in [0, 0.05) is 10.0 Å². The minimum Gasteiger partial charge on any atom is -0.389 e. The van der Waals surface area contributed by atoms with Gasteiger partial charge < -0.3 is 15.8 Å². The third-order valence-electron chi connectivity index (χ3n) is 2.03. The molecule has 1 aromatic rings. The first-order valence-corrected chi connectivity index (χ1v) is 6.43. The topological polar surface area (TPSA) is 64.3 Å². The molecule has 0 saturated carbocycles. The van der Waals surface area contributed by atoms with E-state index < -0.39 is 25.3 Å². The van der Waals surface area contributed by atoms with E-state index in [9.17, 15) is 18.0 Å². The summed E-state index contributed by atoms with van der Waals surface area (Å²) in [6, 6.07) is 4.70. The Kier molecular flexibility index (Phi) is 5.90. The highest BCUT2D eigenvalue weighted by molar-refractivity contribution is 9.10. The highest BCUT2D eigenvalue weighted by Crippen LogP contribution is 2.23. The smallest absolute Gasteiger partial charge is 0.389 e. The number of carbonyl (C=O) groups is 1. The van der Waals surface area contributed by atoms with Crippen molar-refractivity contribution >= 4 is 44.7 Å². The van der Waals surface area contributed by atoms with Gasteiger partial charge in [0.25, 0.3) is 0 Å². The zero-order valence-corrected chi connectivity index (χ0v) is 12.4. The predicted molar refractivity (Wildman–Crippen MR) is 75.5 cm³/mol. The van der Waals surface area contributed by atoms with Crippen LogP contribution < -0.4 is 11.1 Å². The maximum atomic E-state index is 11.8. The number of nitrogens with two attached hydrogens (primary N) is 1. The molecule has 0 unspecified atom stereocenters. The van der Waals surface area contributed by atoms with Crippen LogP contribution >= 0.6 is 28.1 Å². The van der Waals surface area contributed by atoms with Crippen molar-refractivity contribution in [2.75, 3.05) is 18.5 Å². The van der Waals surface area contributed by atoms with Gasteiger partial charge in [-0.15, -0.1) is 0 Å². The van der Waals surface area contributed by atoms with E-state index in [1.807, 2.05) is 0 Å². The molecule has 0 aromatic heterocycles. The minimum atomic E-state index is -4.46. The fourth-order valence-corrected chi connectivity index (χ4v) is 1.82. The molecule has 110 valence electrons. The zero-order valence-electron chi connectivity index (χ0n) is 9.96. The first kappa shape index (κ1) is 16.9. The highest BCUT2D eigenvalue weighted by atomic mass is 79.9. The van der Waals surface area contributed by atoms with Crippen LogP contribution in [-0.2, 0) is 9.53 Å². The number of hydrogen-bond acceptors (Lipinski definition) is 3. The lowest BCUT2D eigenvalue weighted by Crippen LogP contribution is -2.24. The van der Waals surface area contributed by atoms with Gasteiger partial charge >= 0.3 is 6.18 Å². The minimum absolute atomic E-state index is 0.192. The number of nitrogens with one attached hydrogen (secondary N) is 1. The monoisotopic (exact) mass is 370 g/mol. The van der Waals surface area contributed by atoms with Crippen LogP contribution in [-0.4, -0.2) is 30.3 Å². The molecule has 1 amide bonds. The van der Waals surface area contributed by atoms with Crippen molar-refractivity contribution in [3.05, 3.63) is 28.2 Å². The molecular weight excluding hydrogens is 361 g/mol. The van der Waals surface area contributed by atoms with Gasteiger partial charge in [-0.1, -0.05) is 12.2 Å². The molecule has 0 bridgehead atoms. The molecule has 1 rings (SSSR count). The van der Waals surface area contributed by atoms with Crippen molar-refractivity contribution in [3.63, 3.8) is 0 Å². The lowest BCUT2D eigenvalue weighted by molar-refractivity contribution is -0.174. The molecule has 0 saturated heterocycles. The van der Waals surface area contributed by atoms with Crippen molar-refractivity contribution < 1.29 is 22.7 Å². The molecule has 0 spiro atoms. The van der Waals surface area contributed by atoms with Crippen LogP contribution in [0.5, 0.6) is 0 Å². The molecule has 1 aromatic carbocycles. The summed E-state index contributed by atoms with van der Waals surface area (Å²) in [6.07, 6.45) is -4.46. The number of amides is 1. The molecule has 0 atom stereocenters. The van der Waals surface area contributed by atoms with Gasteiger partial charge in [0.1, 0.15) is 18.2 Å². The first-order chi connectivity index (χ1) is 9.19. The molecular formula is C11H10BrF3N2O2S. The summed E-state index contributed by atoms with van der Waals surface area (Å²) in [6.45, 7) is -2.16. The molecule has 4 nitrogen and oxygen atoms in total. The number of hydrogen-bond donors (Lipinski definition) is 2. The number of alkyl halides is 3. The van der Waals surface area contributed by atoms with E-state index in [0.717, 1.165) is 0 Å². The summed E-state index contributed by atoms with van der Waals surface area (Å²) in [7, 11) is 0. The molecule has 0 heterocycles. The number of anilines is 1. The van der Waals surface area contributed by atoms with E-state index in [2.05, 4.69) is 26.0 Å². The molecule has 9 heteroatoms. The van der Waals surface area contributed by atoms with Gasteiger partial charge in [0.2, 0.25) is 5.91 Å². The van der Waals surface area contributed by atoms with Gasteiger partial charge in [-0.3, -0.25) is 4.79 Å². The molecule has 0 radical (unpaired) electrons. The summed E-state index contributed by atoms with van der Waals surface area (Å²) >= 11 is 7.98. The van der Waals surface area contributed by atoms with Crippen molar-refractivity contribution in [2.45, 2.75) is 6.18 Å². The van der Waals surface area contributed by atoms with Gasteiger partial charge in [0.15, 0.2) is 0 Å². The van der Waals surface area contributed by atoms with E-state index in [1.54, 1.807) is 12.1 Å². The van der Waals surface area contributed by atoms with E-state index in [0.29, 0.717) is 15.7 Å². The Bertz CT molecular complexity index is 523. The second-order valence-electron chi connectivity index (χ2n) is 3.72. The molecule has 3 N–H and O–H groups in total. The van der Waals surface area contributed by atoms with Crippen LogP contribution in [0.25, 0.3) is 0 Å². The largest absolute Gasteiger partial charge is 0.411 e. The number of thiocarbonyl (C=S) groups is 1. The Labute approximate surface area is 126 Å². The second kappa shape index (κ2) is 7.00. The Hall–Kier alpha value is -1.19. The summed E-state index contributed by atoms with van der Waals surface area (Å²) in [4.78, 5) is 11.6. The fraction of sp³-hybridized carbons (Fsp3) is 0.273. The second-order valence-corrected chi connectivity index (χ2v) is 5.01. The summed E-state index contributed by atoms with van der Waals surface area (Å²) in [5, 5.41) is 2.40. The normalized spacial score (nSPS) is 11.2. The van der Waals surface area contributed by atoms with Gasteiger partial charge in [0.05, 0.1) is 5.69 Å². The maximum absolute atomic E-state index is 11.8. The average molecular weight is 371 g/mol. The first-order valence-electron chi connectivity index (χ1n) is 5.23. The van der Waals surface area contributed by atoms with Crippen LogP contribution in [0.2, 0.25) is 0 Å². The van der Waals surface area contributed by atoms with Crippen LogP contribution in [0.15, 0.2) is 22.7 Å². The van der Waals surface area contributed by atoms with E-state index in [1.165, 1.54) is 6.07 Å². The third-order valence-corrected chi connectivity index (χ3v) is 2.92. The van der Waals surface area contributed by atoms with E-state index >= 15 is 0 Å². The van der Waals surface area contributed by atoms with E-state index in [-0.39, 0.29) is 4.99 Å². The Morgan fingerprint density at radius 3 is 2.60 bits per heavy atom. The van der Waals surface area contributed by atoms with Crippen LogP contribution in [0.4, 0.5) is 18.9 Å². The summed E-state index contributed by atoms with van der Waals surface area (Å²) in [5.74, 6) is -0.696. The van der Waals surface area contributed by atoms with Crippen molar-refractivity contribution in [1.29, 1.82) is 0 Å². The fourth-order valence-electron chi connectivity index (χ4n) is 1.22. The number of halogens is 4. The maximum Gasteiger partial charge on any atom is 0.411 e. The summed E-state index contributed by atoms with van der Waals surface area (Å²) in [5.41, 5.74) is 6.41. The van der Waals surface area contributed by atoms with Gasteiger partial charge in [-0.25, -0.2) is 0 Å². The molecule has 0 aliphatic heterocycles. The Morgan fingerprint density at radius 2 is 2.10 bits per heavy atom. The summed E-state index contributed by atoms with van der Waals surface area (Å²) < 4.78 is 40.2. The number of carbonyl (C=O) groups excluding carboxylic acids is 1. The van der Waals surface area contributed by atoms with Crippen molar-refractivity contribution in [1.82, 2.24) is 0 Å².